The van der Waals surface area contributed by atoms with E-state index in [9.17, 15) is 13.9 Å². The fourth-order valence-electron chi connectivity index (χ4n) is 1.28. The van der Waals surface area contributed by atoms with Gasteiger partial charge in [0.25, 0.3) is 0 Å². The van der Waals surface area contributed by atoms with E-state index in [0.717, 1.165) is 6.07 Å². The Morgan fingerprint density at radius 3 is 2.67 bits per heavy atom. The molecule has 1 rings (SSSR count). The summed E-state index contributed by atoms with van der Waals surface area (Å²) >= 11 is 0. The second-order valence-corrected chi connectivity index (χ2v) is 3.37. The number of likely N-dealkylation sites (N-methyl/N-ethyl adjacent to an activating group) is 1. The van der Waals surface area contributed by atoms with Gasteiger partial charge in [0.1, 0.15) is 11.6 Å². The molecule has 0 heterocycles. The quantitative estimate of drug-likeness (QED) is 0.779. The van der Waals surface area contributed by atoms with Crippen molar-refractivity contribution in [1.82, 2.24) is 0 Å². The van der Waals surface area contributed by atoms with E-state index >= 15 is 0 Å². The van der Waals surface area contributed by atoms with Gasteiger partial charge < -0.3 is 15.7 Å². The highest BCUT2D eigenvalue weighted by atomic mass is 19.1. The number of hydrogen-bond acceptors (Lipinski definition) is 3. The van der Waals surface area contributed by atoms with Gasteiger partial charge >= 0.3 is 0 Å². The van der Waals surface area contributed by atoms with Crippen molar-refractivity contribution < 1.29 is 13.9 Å². The lowest BCUT2D eigenvalue weighted by atomic mass is 10.2. The molecule has 0 spiro atoms. The zero-order valence-electron chi connectivity index (χ0n) is 8.45. The number of nitrogens with two attached hydrogens (primary N) is 1. The molecule has 84 valence electrons. The Balaban J connectivity index is 2.77. The minimum absolute atomic E-state index is 0.104. The lowest BCUT2D eigenvalue weighted by molar-refractivity contribution is 0.189. The minimum atomic E-state index is -0.723. The van der Waals surface area contributed by atoms with Crippen molar-refractivity contribution in [3.63, 3.8) is 0 Å². The van der Waals surface area contributed by atoms with Crippen molar-refractivity contribution in [2.45, 2.75) is 6.10 Å². The third-order valence-electron chi connectivity index (χ3n) is 2.08. The molecule has 0 fully saturated rings. The molecule has 1 unspecified atom stereocenters. The summed E-state index contributed by atoms with van der Waals surface area (Å²) in [5.41, 5.74) is 5.47. The van der Waals surface area contributed by atoms with E-state index in [1.165, 1.54) is 17.0 Å². The van der Waals surface area contributed by atoms with Crippen molar-refractivity contribution in [1.29, 1.82) is 0 Å². The van der Waals surface area contributed by atoms with Crippen LogP contribution in [0.5, 0.6) is 0 Å². The average Bonchev–Trinajstić information content (AvgIpc) is 2.17. The lowest BCUT2D eigenvalue weighted by Crippen LogP contribution is -2.34. The maximum atomic E-state index is 13.3. The molecule has 0 aliphatic carbocycles. The largest absolute Gasteiger partial charge is 0.390 e. The van der Waals surface area contributed by atoms with Crippen LogP contribution in [0.3, 0.4) is 0 Å². The predicted molar refractivity (Wildman–Crippen MR) is 54.7 cm³/mol. The molecule has 0 saturated carbocycles. The summed E-state index contributed by atoms with van der Waals surface area (Å²) in [7, 11) is 1.61. The van der Waals surface area contributed by atoms with Crippen molar-refractivity contribution in [3.05, 3.63) is 29.8 Å². The second kappa shape index (κ2) is 5.04. The summed E-state index contributed by atoms with van der Waals surface area (Å²) < 4.78 is 25.9. The molecule has 1 aromatic carbocycles. The molecule has 3 N–H and O–H groups in total. The lowest BCUT2D eigenvalue weighted by Gasteiger charge is -2.22. The summed E-state index contributed by atoms with van der Waals surface area (Å²) in [6.45, 7) is 0.312. The second-order valence-electron chi connectivity index (χ2n) is 3.37. The zero-order valence-corrected chi connectivity index (χ0v) is 8.45. The van der Waals surface area contributed by atoms with Crippen LogP contribution in [-0.2, 0) is 0 Å². The first-order valence-electron chi connectivity index (χ1n) is 4.59. The van der Waals surface area contributed by atoms with E-state index in [0.29, 0.717) is 0 Å². The van der Waals surface area contributed by atoms with Crippen molar-refractivity contribution in [2.24, 2.45) is 5.73 Å². The van der Waals surface area contributed by atoms with Crippen LogP contribution >= 0.6 is 0 Å². The minimum Gasteiger partial charge on any atom is -0.390 e. The number of halogens is 2. The molecule has 0 aromatic heterocycles. The van der Waals surface area contributed by atoms with Crippen LogP contribution in [0.25, 0.3) is 0 Å². The summed E-state index contributed by atoms with van der Waals surface area (Å²) in [6.07, 6.45) is -0.723. The van der Waals surface area contributed by atoms with Gasteiger partial charge in [0.2, 0.25) is 0 Å². The van der Waals surface area contributed by atoms with Crippen molar-refractivity contribution in [2.75, 3.05) is 25.0 Å². The first kappa shape index (κ1) is 11.9. The zero-order chi connectivity index (χ0) is 11.4. The van der Waals surface area contributed by atoms with E-state index < -0.39 is 17.7 Å². The Morgan fingerprint density at radius 2 is 2.13 bits per heavy atom. The van der Waals surface area contributed by atoms with Gasteiger partial charge in [0, 0.05) is 26.2 Å². The van der Waals surface area contributed by atoms with Gasteiger partial charge in [-0.2, -0.15) is 0 Å². The molecule has 0 saturated heterocycles. The first-order valence-corrected chi connectivity index (χ1v) is 4.59. The Hall–Kier alpha value is -1.20. The molecule has 3 nitrogen and oxygen atoms in total. The average molecular weight is 216 g/mol. The number of benzene rings is 1. The smallest absolute Gasteiger partial charge is 0.149 e. The summed E-state index contributed by atoms with van der Waals surface area (Å²) in [5, 5.41) is 9.27. The van der Waals surface area contributed by atoms with Gasteiger partial charge in [-0.05, 0) is 12.1 Å². The number of aliphatic hydroxyl groups is 1. The van der Waals surface area contributed by atoms with Gasteiger partial charge in [-0.3, -0.25) is 0 Å². The van der Waals surface area contributed by atoms with Crippen LogP contribution in [0.15, 0.2) is 18.2 Å². The maximum Gasteiger partial charge on any atom is 0.149 e. The number of nitrogens with zero attached hydrogens (tertiary/aromatic N) is 1. The fourth-order valence-corrected chi connectivity index (χ4v) is 1.28. The number of aliphatic hydroxyl groups excluding tert-OH is 1. The predicted octanol–water partition coefficient (Wildman–Crippen LogP) is 0.721. The van der Waals surface area contributed by atoms with Gasteiger partial charge in [-0.25, -0.2) is 8.78 Å². The highest BCUT2D eigenvalue weighted by Gasteiger charge is 2.11. The SMILES string of the molecule is CN(CC(O)CN)c1ccc(F)cc1F. The number of hydrogen-bond donors (Lipinski definition) is 2. The Morgan fingerprint density at radius 1 is 1.47 bits per heavy atom. The van der Waals surface area contributed by atoms with Crippen LogP contribution in [-0.4, -0.2) is 31.3 Å². The van der Waals surface area contributed by atoms with Crippen LogP contribution in [0, 0.1) is 11.6 Å². The van der Waals surface area contributed by atoms with E-state index in [-0.39, 0.29) is 18.8 Å². The summed E-state index contributed by atoms with van der Waals surface area (Å²) in [4.78, 5) is 1.49. The van der Waals surface area contributed by atoms with E-state index in [1.54, 1.807) is 7.05 Å². The maximum absolute atomic E-state index is 13.3. The Labute approximate surface area is 87.1 Å². The fraction of sp³-hybridized carbons (Fsp3) is 0.400. The topological polar surface area (TPSA) is 49.5 Å². The highest BCUT2D eigenvalue weighted by molar-refractivity contribution is 5.47. The van der Waals surface area contributed by atoms with Crippen LogP contribution in [0.1, 0.15) is 0 Å². The molecule has 0 radical (unpaired) electrons. The Bertz CT molecular complexity index is 333. The molecule has 0 amide bonds. The van der Waals surface area contributed by atoms with Crippen molar-refractivity contribution >= 4 is 5.69 Å². The van der Waals surface area contributed by atoms with E-state index in [1.807, 2.05) is 0 Å². The van der Waals surface area contributed by atoms with Gasteiger partial charge in [-0.15, -0.1) is 0 Å². The molecule has 0 aliphatic rings. The number of anilines is 1. The molecule has 0 aliphatic heterocycles. The molecule has 0 bridgehead atoms. The third-order valence-corrected chi connectivity index (χ3v) is 2.08. The molecule has 15 heavy (non-hydrogen) atoms. The van der Waals surface area contributed by atoms with Gasteiger partial charge in [0.05, 0.1) is 11.8 Å². The third kappa shape index (κ3) is 3.14. The molecule has 1 atom stereocenters. The normalized spacial score (nSPS) is 12.6. The molecule has 1 aromatic rings. The molecule has 5 heteroatoms. The van der Waals surface area contributed by atoms with Crippen LogP contribution in [0.2, 0.25) is 0 Å². The highest BCUT2D eigenvalue weighted by Crippen LogP contribution is 2.18. The van der Waals surface area contributed by atoms with Crippen LogP contribution in [0.4, 0.5) is 14.5 Å². The van der Waals surface area contributed by atoms with E-state index in [4.69, 9.17) is 5.73 Å². The molecular weight excluding hydrogens is 202 g/mol. The van der Waals surface area contributed by atoms with Gasteiger partial charge in [0.15, 0.2) is 0 Å². The molecular formula is C10H14F2N2O. The first-order chi connectivity index (χ1) is 7.04. The summed E-state index contributed by atoms with van der Waals surface area (Å²) in [5.74, 6) is -1.27. The Kier molecular flexibility index (Phi) is 3.99. The standard InChI is InChI=1S/C10H14F2N2O/c1-14(6-8(15)5-13)10-3-2-7(11)4-9(10)12/h2-4,8,15H,5-6,13H2,1H3. The van der Waals surface area contributed by atoms with E-state index in [2.05, 4.69) is 0 Å². The van der Waals surface area contributed by atoms with Crippen molar-refractivity contribution in [3.8, 4) is 0 Å². The van der Waals surface area contributed by atoms with Crippen LogP contribution < -0.4 is 10.6 Å². The monoisotopic (exact) mass is 216 g/mol. The summed E-state index contributed by atoms with van der Waals surface area (Å²) in [6, 6.07) is 3.30. The van der Waals surface area contributed by atoms with Gasteiger partial charge in [-0.1, -0.05) is 0 Å². The number of rotatable bonds is 4.